The molecule has 1 rings (SSSR count). The van der Waals surface area contributed by atoms with Crippen LogP contribution in [0.1, 0.15) is 10.4 Å². The number of carbonyl (C=O) groups excluding carboxylic acids is 1. The van der Waals surface area contributed by atoms with Crippen molar-refractivity contribution in [3.8, 4) is 0 Å². The summed E-state index contributed by atoms with van der Waals surface area (Å²) in [6.45, 7) is 0. The lowest BCUT2D eigenvalue weighted by Crippen LogP contribution is -2.21. The van der Waals surface area contributed by atoms with E-state index in [4.69, 9.17) is 11.0 Å². The molecule has 5 N–H and O–H groups in total. The number of nitrogens with two attached hydrogens (primary N) is 2. The number of ether oxygens (including phenoxy) is 1. The predicted molar refractivity (Wildman–Crippen MR) is 57.0 cm³/mol. The molecule has 0 aliphatic rings. The van der Waals surface area contributed by atoms with Crippen molar-refractivity contribution in [2.45, 2.75) is 4.90 Å². The van der Waals surface area contributed by atoms with Crippen LogP contribution in [-0.4, -0.2) is 21.5 Å². The van der Waals surface area contributed by atoms with Gasteiger partial charge in [0.1, 0.15) is 4.90 Å². The van der Waals surface area contributed by atoms with Crippen LogP contribution < -0.4 is 16.4 Å². The van der Waals surface area contributed by atoms with Gasteiger partial charge in [0.25, 0.3) is 0 Å². The highest BCUT2D eigenvalue weighted by molar-refractivity contribution is 7.89. The van der Waals surface area contributed by atoms with Crippen molar-refractivity contribution in [2.75, 3.05) is 12.5 Å². The van der Waals surface area contributed by atoms with E-state index in [1.54, 1.807) is 0 Å². The SMILES string of the molecule is COC(=O)c1cccc(NN)c1S(N)(=O)=O. The minimum Gasteiger partial charge on any atom is -0.465 e. The Hall–Kier alpha value is -1.64. The summed E-state index contributed by atoms with van der Waals surface area (Å²) in [4.78, 5) is 11.0. The number of rotatable bonds is 3. The second-order valence-electron chi connectivity index (χ2n) is 2.86. The minimum atomic E-state index is -4.07. The molecule has 0 saturated carbocycles. The molecular formula is C8H11N3O4S. The second-order valence-corrected chi connectivity index (χ2v) is 4.36. The number of methoxy groups -OCH3 is 1. The van der Waals surface area contributed by atoms with Crippen molar-refractivity contribution >= 4 is 21.7 Å². The van der Waals surface area contributed by atoms with Crippen LogP contribution in [0.2, 0.25) is 0 Å². The molecule has 0 spiro atoms. The van der Waals surface area contributed by atoms with Gasteiger partial charge in [-0.05, 0) is 12.1 Å². The van der Waals surface area contributed by atoms with Crippen molar-refractivity contribution in [3.05, 3.63) is 23.8 Å². The maximum atomic E-state index is 11.3. The number of carbonyl (C=O) groups is 1. The Morgan fingerprint density at radius 3 is 2.50 bits per heavy atom. The van der Waals surface area contributed by atoms with Crippen molar-refractivity contribution in [1.82, 2.24) is 0 Å². The Kier molecular flexibility index (Phi) is 3.48. The molecule has 8 heteroatoms. The predicted octanol–water partition coefficient (Wildman–Crippen LogP) is -0.594. The van der Waals surface area contributed by atoms with Crippen LogP contribution in [0.25, 0.3) is 0 Å². The maximum Gasteiger partial charge on any atom is 0.339 e. The summed E-state index contributed by atoms with van der Waals surface area (Å²) in [5.41, 5.74) is 2.02. The van der Waals surface area contributed by atoms with Crippen LogP contribution in [0, 0.1) is 0 Å². The summed E-state index contributed by atoms with van der Waals surface area (Å²) in [5, 5.41) is 5.00. The first kappa shape index (κ1) is 12.4. The smallest absolute Gasteiger partial charge is 0.339 e. The summed E-state index contributed by atoms with van der Waals surface area (Å²) >= 11 is 0. The Morgan fingerprint density at radius 2 is 2.06 bits per heavy atom. The molecule has 0 aliphatic carbocycles. The first-order valence-corrected chi connectivity index (χ1v) is 5.67. The third-order valence-electron chi connectivity index (χ3n) is 1.86. The molecule has 0 bridgehead atoms. The van der Waals surface area contributed by atoms with Crippen molar-refractivity contribution < 1.29 is 17.9 Å². The van der Waals surface area contributed by atoms with E-state index in [1.165, 1.54) is 18.2 Å². The summed E-state index contributed by atoms with van der Waals surface area (Å²) in [5.74, 6) is 4.33. The van der Waals surface area contributed by atoms with E-state index >= 15 is 0 Å². The quantitative estimate of drug-likeness (QED) is 0.371. The Balaban J connectivity index is 3.57. The van der Waals surface area contributed by atoms with Crippen LogP contribution in [0.5, 0.6) is 0 Å². The van der Waals surface area contributed by atoms with Gasteiger partial charge in [-0.3, -0.25) is 5.84 Å². The highest BCUT2D eigenvalue weighted by Crippen LogP contribution is 2.24. The minimum absolute atomic E-state index is 0.0328. The number of sulfonamides is 1. The molecule has 0 saturated heterocycles. The Labute approximate surface area is 92.4 Å². The van der Waals surface area contributed by atoms with E-state index in [0.717, 1.165) is 7.11 Å². The summed E-state index contributed by atoms with van der Waals surface area (Å²) in [7, 11) is -2.94. The van der Waals surface area contributed by atoms with Crippen molar-refractivity contribution in [1.29, 1.82) is 0 Å². The molecule has 0 unspecified atom stereocenters. The van der Waals surface area contributed by atoms with Gasteiger partial charge in [0.15, 0.2) is 0 Å². The molecule has 0 heterocycles. The fourth-order valence-electron chi connectivity index (χ4n) is 1.23. The number of hydrazine groups is 1. The number of benzene rings is 1. The van der Waals surface area contributed by atoms with Gasteiger partial charge in [0, 0.05) is 0 Å². The van der Waals surface area contributed by atoms with Gasteiger partial charge in [0.2, 0.25) is 10.0 Å². The zero-order valence-corrected chi connectivity index (χ0v) is 9.24. The Morgan fingerprint density at radius 1 is 1.44 bits per heavy atom. The highest BCUT2D eigenvalue weighted by atomic mass is 32.2. The first-order chi connectivity index (χ1) is 7.41. The summed E-state index contributed by atoms with van der Waals surface area (Å²) in [6.07, 6.45) is 0. The van der Waals surface area contributed by atoms with E-state index in [0.29, 0.717) is 0 Å². The Bertz CT molecular complexity index is 512. The van der Waals surface area contributed by atoms with Crippen LogP contribution in [0.15, 0.2) is 23.1 Å². The normalized spacial score (nSPS) is 10.9. The molecule has 16 heavy (non-hydrogen) atoms. The molecule has 0 amide bonds. The molecule has 0 aromatic heterocycles. The lowest BCUT2D eigenvalue weighted by Gasteiger charge is -2.10. The average Bonchev–Trinajstić information content (AvgIpc) is 2.25. The van der Waals surface area contributed by atoms with Gasteiger partial charge < -0.3 is 10.2 Å². The van der Waals surface area contributed by atoms with E-state index in [-0.39, 0.29) is 16.1 Å². The van der Waals surface area contributed by atoms with Gasteiger partial charge in [0.05, 0.1) is 18.4 Å². The third-order valence-corrected chi connectivity index (χ3v) is 2.87. The number of esters is 1. The molecule has 0 fully saturated rings. The number of hydrogen-bond acceptors (Lipinski definition) is 6. The van der Waals surface area contributed by atoms with E-state index in [1.807, 2.05) is 0 Å². The van der Waals surface area contributed by atoms with Crippen LogP contribution in [0.4, 0.5) is 5.69 Å². The van der Waals surface area contributed by atoms with Crippen LogP contribution in [-0.2, 0) is 14.8 Å². The average molecular weight is 245 g/mol. The number of nitrogens with one attached hydrogen (secondary N) is 1. The zero-order valence-electron chi connectivity index (χ0n) is 8.43. The largest absolute Gasteiger partial charge is 0.465 e. The van der Waals surface area contributed by atoms with Gasteiger partial charge in [-0.2, -0.15) is 0 Å². The number of nitrogen functional groups attached to an aromatic ring is 1. The van der Waals surface area contributed by atoms with Gasteiger partial charge in [-0.25, -0.2) is 18.4 Å². The lowest BCUT2D eigenvalue weighted by atomic mass is 10.2. The molecule has 0 atom stereocenters. The molecule has 0 aliphatic heterocycles. The number of anilines is 1. The standard InChI is InChI=1S/C8H11N3O4S/c1-15-8(12)5-3-2-4-6(11-9)7(5)16(10,13)14/h2-4,11H,9H2,1H3,(H2,10,13,14). The fraction of sp³-hybridized carbons (Fsp3) is 0.125. The van der Waals surface area contributed by atoms with Crippen molar-refractivity contribution in [3.63, 3.8) is 0 Å². The van der Waals surface area contributed by atoms with Crippen molar-refractivity contribution in [2.24, 2.45) is 11.0 Å². The van der Waals surface area contributed by atoms with E-state index in [2.05, 4.69) is 10.2 Å². The second kappa shape index (κ2) is 4.47. The first-order valence-electron chi connectivity index (χ1n) is 4.12. The topological polar surface area (TPSA) is 125 Å². The fourth-order valence-corrected chi connectivity index (χ4v) is 2.12. The highest BCUT2D eigenvalue weighted by Gasteiger charge is 2.23. The van der Waals surface area contributed by atoms with Crippen LogP contribution >= 0.6 is 0 Å². The molecule has 0 radical (unpaired) electrons. The third kappa shape index (κ3) is 2.30. The molecule has 1 aromatic rings. The van der Waals surface area contributed by atoms with Gasteiger partial charge in [-0.15, -0.1) is 0 Å². The molecular weight excluding hydrogens is 234 g/mol. The maximum absolute atomic E-state index is 11.3. The monoisotopic (exact) mass is 245 g/mol. The molecule has 1 aromatic carbocycles. The zero-order chi connectivity index (χ0) is 12.3. The van der Waals surface area contributed by atoms with Gasteiger partial charge >= 0.3 is 5.97 Å². The summed E-state index contributed by atoms with van der Waals surface area (Å²) < 4.78 is 27.1. The number of primary sulfonamides is 1. The molecule has 88 valence electrons. The number of hydrogen-bond donors (Lipinski definition) is 3. The van der Waals surface area contributed by atoms with Crippen LogP contribution in [0.3, 0.4) is 0 Å². The van der Waals surface area contributed by atoms with Gasteiger partial charge in [-0.1, -0.05) is 6.07 Å². The van der Waals surface area contributed by atoms with E-state index < -0.39 is 16.0 Å². The lowest BCUT2D eigenvalue weighted by molar-refractivity contribution is 0.0596. The van der Waals surface area contributed by atoms with E-state index in [9.17, 15) is 13.2 Å². The summed E-state index contributed by atoms with van der Waals surface area (Å²) in [6, 6.07) is 4.12. The molecule has 7 nitrogen and oxygen atoms in total.